The fraction of sp³-hybridized carbons (Fsp3) is 0.795. The molecule has 0 bridgehead atoms. The molecule has 0 spiro atoms. The highest BCUT2D eigenvalue weighted by molar-refractivity contribution is 6.05. The van der Waals surface area contributed by atoms with Gasteiger partial charge in [-0.15, -0.1) is 0 Å². The molecule has 1 saturated carbocycles. The van der Waals surface area contributed by atoms with E-state index in [9.17, 15) is 43.5 Å². The lowest BCUT2D eigenvalue weighted by Crippen LogP contribution is -2.60. The van der Waals surface area contributed by atoms with Crippen LogP contribution in [-0.4, -0.2) is 113 Å². The monoisotopic (exact) mass is 758 g/mol. The highest BCUT2D eigenvalue weighted by Crippen LogP contribution is 2.55. The van der Waals surface area contributed by atoms with Crippen LogP contribution in [0.15, 0.2) is 0 Å². The molecule has 8 amide bonds. The summed E-state index contributed by atoms with van der Waals surface area (Å²) in [5.41, 5.74) is -3.46. The van der Waals surface area contributed by atoms with Crippen molar-refractivity contribution in [2.75, 3.05) is 39.3 Å². The summed E-state index contributed by atoms with van der Waals surface area (Å²) in [4.78, 5) is 108. The average Bonchev–Trinajstić information content (AvgIpc) is 3.64. The number of aliphatic hydroxyl groups excluding tert-OH is 1. The Balaban J connectivity index is 1.47. The number of hydrogen-bond acceptors (Lipinski definition) is 10. The number of carbonyl (C=O) groups is 8. The molecule has 5 unspecified atom stereocenters. The fourth-order valence-electron chi connectivity index (χ4n) is 9.29. The number of nitrogens with zero attached hydrogens (tertiary/aromatic N) is 3. The molecular weight excluding hydrogens is 696 g/mol. The Labute approximate surface area is 319 Å². The van der Waals surface area contributed by atoms with Gasteiger partial charge < -0.3 is 15.7 Å². The zero-order valence-corrected chi connectivity index (χ0v) is 33.6. The van der Waals surface area contributed by atoms with Crippen molar-refractivity contribution in [1.82, 2.24) is 30.7 Å². The summed E-state index contributed by atoms with van der Waals surface area (Å²) in [6, 6.07) is 0. The second-order valence-electron chi connectivity index (χ2n) is 18.0. The molecule has 4 rings (SSSR count). The minimum absolute atomic E-state index is 0.00490. The number of carbonyl (C=O) groups excluding carboxylic acids is 8. The molecule has 4 fully saturated rings. The SMILES string of the molecule is CC(C)C1CC(=O)N(CCNC(=O)[C@@]2(C)CC(C)(C(O)NCCN3C(=O)CC(C(C)C)C3=O)C[C@@](C)(C(=O)NCCN3C(=O)CC(C(C)C)C3=O)C2)C1=O. The first-order valence-corrected chi connectivity index (χ1v) is 19.6. The lowest BCUT2D eigenvalue weighted by atomic mass is 9.53. The summed E-state index contributed by atoms with van der Waals surface area (Å²) in [6.07, 6.45) is -0.415. The summed E-state index contributed by atoms with van der Waals surface area (Å²) in [5.74, 6) is -3.52. The third-order valence-corrected chi connectivity index (χ3v) is 12.3. The van der Waals surface area contributed by atoms with E-state index in [2.05, 4.69) is 16.0 Å². The molecule has 3 aliphatic heterocycles. The molecule has 302 valence electrons. The number of aliphatic hydroxyl groups is 1. The molecule has 7 atom stereocenters. The van der Waals surface area contributed by atoms with Crippen molar-refractivity contribution in [3.8, 4) is 0 Å². The molecule has 0 aromatic rings. The number of amides is 8. The molecule has 0 aromatic heterocycles. The minimum Gasteiger partial charge on any atom is -0.378 e. The first-order chi connectivity index (χ1) is 25.0. The van der Waals surface area contributed by atoms with E-state index < -0.39 is 46.1 Å². The smallest absolute Gasteiger partial charge is 0.233 e. The molecule has 1 aliphatic carbocycles. The standard InChI is InChI=1S/C39H62N6O9/c1-22(2)25-16-28(46)43(31(25)49)13-10-40-34(52)37(7)19-38(8,35(53)41-11-14-44-29(47)17-26(23(3)4)32(44)50)21-39(9,20-37)36(54)42-12-15-45-30(48)18-27(24(5)6)33(45)51/h22-27,34,40,52H,10-21H2,1-9H3,(H,41,53)(H,42,54)/t25?,26?,27?,34?,37?,38-,39+. The van der Waals surface area contributed by atoms with Crippen molar-refractivity contribution >= 4 is 47.3 Å². The molecule has 15 heteroatoms. The zero-order chi connectivity index (χ0) is 40.5. The normalized spacial score (nSPS) is 31.2. The topological polar surface area (TPSA) is 203 Å². The highest BCUT2D eigenvalue weighted by Gasteiger charge is 2.57. The van der Waals surface area contributed by atoms with Gasteiger partial charge in [0.15, 0.2) is 0 Å². The molecule has 4 aliphatic rings. The summed E-state index contributed by atoms with van der Waals surface area (Å²) >= 11 is 0. The average molecular weight is 759 g/mol. The number of imide groups is 3. The highest BCUT2D eigenvalue weighted by atomic mass is 16.3. The maximum Gasteiger partial charge on any atom is 0.233 e. The van der Waals surface area contributed by atoms with Crippen LogP contribution in [0.1, 0.15) is 101 Å². The predicted molar refractivity (Wildman–Crippen MR) is 197 cm³/mol. The molecule has 0 radical (unpaired) electrons. The van der Waals surface area contributed by atoms with E-state index in [1.54, 1.807) is 20.8 Å². The van der Waals surface area contributed by atoms with Crippen LogP contribution in [0.4, 0.5) is 0 Å². The van der Waals surface area contributed by atoms with Crippen molar-refractivity contribution < 1.29 is 43.5 Å². The van der Waals surface area contributed by atoms with Gasteiger partial charge in [-0.25, -0.2) is 0 Å². The molecular formula is C39H62N6O9. The van der Waals surface area contributed by atoms with Crippen molar-refractivity contribution in [2.45, 2.75) is 107 Å². The van der Waals surface area contributed by atoms with Gasteiger partial charge in [-0.3, -0.25) is 58.4 Å². The Morgan fingerprint density at radius 1 is 0.593 bits per heavy atom. The van der Waals surface area contributed by atoms with Gasteiger partial charge in [0, 0.05) is 92.5 Å². The van der Waals surface area contributed by atoms with Crippen molar-refractivity contribution in [1.29, 1.82) is 0 Å². The number of hydrogen-bond donors (Lipinski definition) is 4. The maximum absolute atomic E-state index is 14.0. The number of rotatable bonds is 16. The largest absolute Gasteiger partial charge is 0.378 e. The Bertz CT molecular complexity index is 1450. The second-order valence-corrected chi connectivity index (χ2v) is 18.0. The first kappa shape index (κ1) is 43.0. The molecule has 54 heavy (non-hydrogen) atoms. The molecule has 15 nitrogen and oxygen atoms in total. The van der Waals surface area contributed by atoms with Gasteiger partial charge in [-0.2, -0.15) is 0 Å². The van der Waals surface area contributed by atoms with Gasteiger partial charge in [-0.05, 0) is 37.0 Å². The maximum atomic E-state index is 14.0. The van der Waals surface area contributed by atoms with E-state index in [4.69, 9.17) is 0 Å². The van der Waals surface area contributed by atoms with E-state index in [1.165, 1.54) is 14.7 Å². The Morgan fingerprint density at radius 2 is 0.907 bits per heavy atom. The molecule has 3 saturated heterocycles. The van der Waals surface area contributed by atoms with E-state index in [1.807, 2.05) is 41.5 Å². The van der Waals surface area contributed by atoms with Crippen molar-refractivity contribution in [2.24, 2.45) is 51.8 Å². The Hall–Kier alpha value is -3.72. The molecule has 3 heterocycles. The van der Waals surface area contributed by atoms with Crippen LogP contribution in [-0.2, 0) is 38.4 Å². The van der Waals surface area contributed by atoms with Crippen LogP contribution in [0.25, 0.3) is 0 Å². The van der Waals surface area contributed by atoms with E-state index >= 15 is 0 Å². The van der Waals surface area contributed by atoms with E-state index in [0.717, 1.165) is 0 Å². The third kappa shape index (κ3) is 8.87. The Kier molecular flexibility index (Phi) is 13.2. The third-order valence-electron chi connectivity index (χ3n) is 12.3. The summed E-state index contributed by atoms with van der Waals surface area (Å²) in [7, 11) is 0. The van der Waals surface area contributed by atoms with Gasteiger partial charge in [0.25, 0.3) is 0 Å². The van der Waals surface area contributed by atoms with Crippen LogP contribution >= 0.6 is 0 Å². The van der Waals surface area contributed by atoms with Gasteiger partial charge in [0.1, 0.15) is 6.23 Å². The van der Waals surface area contributed by atoms with Crippen LogP contribution in [0, 0.1) is 51.8 Å². The first-order valence-electron chi connectivity index (χ1n) is 19.6. The van der Waals surface area contributed by atoms with Gasteiger partial charge in [0.05, 0.1) is 0 Å². The second kappa shape index (κ2) is 16.6. The summed E-state index contributed by atoms with van der Waals surface area (Å²) in [6.45, 7) is 16.8. The summed E-state index contributed by atoms with van der Waals surface area (Å²) < 4.78 is 0. The minimum atomic E-state index is -1.24. The zero-order valence-electron chi connectivity index (χ0n) is 33.6. The summed E-state index contributed by atoms with van der Waals surface area (Å²) in [5, 5.41) is 20.5. The lowest BCUT2D eigenvalue weighted by molar-refractivity contribution is -0.156. The predicted octanol–water partition coefficient (Wildman–Crippen LogP) is 1.42. The van der Waals surface area contributed by atoms with Crippen LogP contribution in [0.5, 0.6) is 0 Å². The van der Waals surface area contributed by atoms with E-state index in [0.29, 0.717) is 0 Å². The quantitative estimate of drug-likeness (QED) is 0.132. The lowest BCUT2D eigenvalue weighted by Gasteiger charge is -2.53. The van der Waals surface area contributed by atoms with Gasteiger partial charge in [-0.1, -0.05) is 62.3 Å². The molecule has 4 N–H and O–H groups in total. The van der Waals surface area contributed by atoms with E-state index in [-0.39, 0.29) is 137 Å². The van der Waals surface area contributed by atoms with Crippen molar-refractivity contribution in [3.63, 3.8) is 0 Å². The van der Waals surface area contributed by atoms with Crippen LogP contribution < -0.4 is 16.0 Å². The van der Waals surface area contributed by atoms with Crippen LogP contribution in [0.2, 0.25) is 0 Å². The molecule has 0 aromatic carbocycles. The van der Waals surface area contributed by atoms with Gasteiger partial charge >= 0.3 is 0 Å². The Morgan fingerprint density at radius 3 is 1.20 bits per heavy atom. The number of likely N-dealkylation sites (tertiary alicyclic amines) is 3. The van der Waals surface area contributed by atoms with Gasteiger partial charge in [0.2, 0.25) is 47.3 Å². The van der Waals surface area contributed by atoms with Crippen molar-refractivity contribution in [3.05, 3.63) is 0 Å². The number of nitrogens with one attached hydrogen (secondary N) is 3. The fourth-order valence-corrected chi connectivity index (χ4v) is 9.29. The van der Waals surface area contributed by atoms with Crippen LogP contribution in [0.3, 0.4) is 0 Å².